The molecule has 4 nitrogen and oxygen atoms in total. The molecule has 4 rings (SSSR count). The van der Waals surface area contributed by atoms with Crippen LogP contribution in [0.15, 0.2) is 18.2 Å². The Morgan fingerprint density at radius 3 is 2.95 bits per heavy atom. The van der Waals surface area contributed by atoms with Crippen LogP contribution < -0.4 is 5.32 Å². The Labute approximate surface area is 115 Å². The molecule has 0 unspecified atom stereocenters. The van der Waals surface area contributed by atoms with E-state index >= 15 is 0 Å². The fourth-order valence-electron chi connectivity index (χ4n) is 2.90. The Kier molecular flexibility index (Phi) is 2.56. The van der Waals surface area contributed by atoms with E-state index < -0.39 is 0 Å². The number of nitrogens with one attached hydrogen (secondary N) is 1. The lowest BCUT2D eigenvalue weighted by molar-refractivity contribution is 0.443. The van der Waals surface area contributed by atoms with Gasteiger partial charge < -0.3 is 5.32 Å². The zero-order chi connectivity index (χ0) is 12.8. The molecule has 5 heteroatoms. The highest BCUT2D eigenvalue weighted by atomic mass is 32.1. The van der Waals surface area contributed by atoms with Crippen molar-refractivity contribution in [3.63, 3.8) is 0 Å². The molecule has 0 spiro atoms. The van der Waals surface area contributed by atoms with Crippen molar-refractivity contribution in [2.45, 2.75) is 25.7 Å². The Morgan fingerprint density at radius 2 is 2.11 bits per heavy atom. The highest BCUT2D eigenvalue weighted by Crippen LogP contribution is 2.31. The van der Waals surface area contributed by atoms with Crippen molar-refractivity contribution < 1.29 is 0 Å². The van der Waals surface area contributed by atoms with Gasteiger partial charge in [0.15, 0.2) is 0 Å². The van der Waals surface area contributed by atoms with E-state index in [4.69, 9.17) is 0 Å². The quantitative estimate of drug-likeness (QED) is 0.740. The van der Waals surface area contributed by atoms with Crippen LogP contribution in [0.4, 0.5) is 0 Å². The van der Waals surface area contributed by atoms with Crippen LogP contribution in [-0.2, 0) is 0 Å². The van der Waals surface area contributed by atoms with Crippen molar-refractivity contribution in [1.29, 1.82) is 0 Å². The molecule has 0 amide bonds. The molecule has 1 aromatic carbocycles. The predicted molar refractivity (Wildman–Crippen MR) is 78.0 cm³/mol. The lowest BCUT2D eigenvalue weighted by Crippen LogP contribution is -2.27. The molecule has 0 bridgehead atoms. The van der Waals surface area contributed by atoms with Crippen LogP contribution in [0, 0.1) is 6.92 Å². The molecular weight excluding hydrogens is 256 g/mol. The lowest BCUT2D eigenvalue weighted by atomic mass is 9.97. The number of nitrogens with zero attached hydrogens (tertiary/aromatic N) is 3. The van der Waals surface area contributed by atoms with E-state index in [1.807, 2.05) is 0 Å². The van der Waals surface area contributed by atoms with Gasteiger partial charge in [-0.05, 0) is 50.6 Å². The summed E-state index contributed by atoms with van der Waals surface area (Å²) in [6.07, 6.45) is 2.31. The third-order valence-electron chi connectivity index (χ3n) is 3.92. The van der Waals surface area contributed by atoms with Gasteiger partial charge in [-0.1, -0.05) is 17.4 Å². The van der Waals surface area contributed by atoms with Crippen molar-refractivity contribution in [3.05, 3.63) is 29.6 Å². The second-order valence-corrected chi connectivity index (χ2v) is 6.28. The zero-order valence-electron chi connectivity index (χ0n) is 10.9. The minimum Gasteiger partial charge on any atom is -0.317 e. The van der Waals surface area contributed by atoms with Gasteiger partial charge in [-0.3, -0.25) is 4.40 Å². The Hall–Kier alpha value is -1.46. The van der Waals surface area contributed by atoms with Crippen molar-refractivity contribution in [3.8, 4) is 0 Å². The van der Waals surface area contributed by atoms with Crippen LogP contribution in [0.25, 0.3) is 15.2 Å². The molecule has 19 heavy (non-hydrogen) atoms. The molecule has 3 aromatic rings. The average molecular weight is 272 g/mol. The molecule has 1 N–H and O–H groups in total. The summed E-state index contributed by atoms with van der Waals surface area (Å²) in [7, 11) is 0. The second kappa shape index (κ2) is 4.28. The van der Waals surface area contributed by atoms with Crippen LogP contribution in [0.3, 0.4) is 0 Å². The maximum Gasteiger partial charge on any atom is 0.217 e. The predicted octanol–water partition coefficient (Wildman–Crippen LogP) is 2.72. The van der Waals surface area contributed by atoms with Crippen molar-refractivity contribution >= 4 is 26.5 Å². The lowest BCUT2D eigenvalue weighted by Gasteiger charge is -2.20. The van der Waals surface area contributed by atoms with Crippen molar-refractivity contribution in [1.82, 2.24) is 19.9 Å². The summed E-state index contributed by atoms with van der Waals surface area (Å²) in [5.74, 6) is 1.68. The van der Waals surface area contributed by atoms with E-state index in [0.717, 1.165) is 36.7 Å². The highest BCUT2D eigenvalue weighted by Gasteiger charge is 2.22. The molecule has 1 aliphatic rings. The zero-order valence-corrected chi connectivity index (χ0v) is 11.7. The molecule has 1 saturated heterocycles. The van der Waals surface area contributed by atoms with Gasteiger partial charge in [0.25, 0.3) is 0 Å². The molecule has 0 atom stereocenters. The Morgan fingerprint density at radius 1 is 1.26 bits per heavy atom. The molecule has 0 aliphatic carbocycles. The SMILES string of the molecule is Cc1ccc2c(c1)sc1nnc(C3CCNCC3)n12. The van der Waals surface area contributed by atoms with E-state index in [-0.39, 0.29) is 0 Å². The number of piperidine rings is 1. The number of thiazole rings is 1. The largest absolute Gasteiger partial charge is 0.317 e. The smallest absolute Gasteiger partial charge is 0.217 e. The minimum absolute atomic E-state index is 0.537. The molecular formula is C14H16N4S. The van der Waals surface area contributed by atoms with Crippen molar-refractivity contribution in [2.75, 3.05) is 13.1 Å². The molecule has 1 aliphatic heterocycles. The topological polar surface area (TPSA) is 42.2 Å². The number of rotatable bonds is 1. The summed E-state index contributed by atoms with van der Waals surface area (Å²) >= 11 is 1.73. The third-order valence-corrected chi connectivity index (χ3v) is 4.91. The molecule has 2 aromatic heterocycles. The van der Waals surface area contributed by atoms with E-state index in [1.54, 1.807) is 11.3 Å². The van der Waals surface area contributed by atoms with Crippen LogP contribution in [0.5, 0.6) is 0 Å². The van der Waals surface area contributed by atoms with E-state index in [9.17, 15) is 0 Å². The first kappa shape index (κ1) is 11.4. The maximum atomic E-state index is 4.45. The molecule has 3 heterocycles. The van der Waals surface area contributed by atoms with Gasteiger partial charge in [0.2, 0.25) is 4.96 Å². The number of fused-ring (bicyclic) bond motifs is 3. The molecule has 98 valence electrons. The van der Waals surface area contributed by atoms with Gasteiger partial charge in [-0.15, -0.1) is 10.2 Å². The fourth-order valence-corrected chi connectivity index (χ4v) is 3.97. The summed E-state index contributed by atoms with van der Waals surface area (Å²) in [5.41, 5.74) is 2.55. The van der Waals surface area contributed by atoms with Gasteiger partial charge >= 0.3 is 0 Å². The monoisotopic (exact) mass is 272 g/mol. The van der Waals surface area contributed by atoms with E-state index in [0.29, 0.717) is 5.92 Å². The summed E-state index contributed by atoms with van der Waals surface area (Å²) < 4.78 is 3.56. The van der Waals surface area contributed by atoms with Crippen LogP contribution in [-0.4, -0.2) is 27.7 Å². The molecule has 0 radical (unpaired) electrons. The fraction of sp³-hybridized carbons (Fsp3) is 0.429. The number of hydrogen-bond donors (Lipinski definition) is 1. The number of hydrogen-bond acceptors (Lipinski definition) is 4. The second-order valence-electron chi connectivity index (χ2n) is 5.27. The summed E-state index contributed by atoms with van der Waals surface area (Å²) in [6.45, 7) is 4.30. The standard InChI is InChI=1S/C14H16N4S/c1-9-2-3-11-12(8-9)19-14-17-16-13(18(11)14)10-4-6-15-7-5-10/h2-3,8,10,15H,4-7H2,1H3. The first-order valence-electron chi connectivity index (χ1n) is 6.78. The van der Waals surface area contributed by atoms with Crippen LogP contribution in [0.2, 0.25) is 0 Å². The maximum absolute atomic E-state index is 4.45. The van der Waals surface area contributed by atoms with E-state index in [1.165, 1.54) is 15.8 Å². The van der Waals surface area contributed by atoms with Gasteiger partial charge in [0.05, 0.1) is 10.2 Å². The van der Waals surface area contributed by atoms with Gasteiger partial charge in [0, 0.05) is 5.92 Å². The van der Waals surface area contributed by atoms with E-state index in [2.05, 4.69) is 45.0 Å². The summed E-state index contributed by atoms with van der Waals surface area (Å²) in [6, 6.07) is 6.60. The Balaban J connectivity index is 1.93. The number of aromatic nitrogens is 3. The molecule has 0 saturated carbocycles. The molecule has 1 fully saturated rings. The first-order chi connectivity index (χ1) is 9.33. The van der Waals surface area contributed by atoms with Gasteiger partial charge in [-0.2, -0.15) is 0 Å². The summed E-state index contributed by atoms with van der Waals surface area (Å²) in [4.78, 5) is 1.02. The summed E-state index contributed by atoms with van der Waals surface area (Å²) in [5, 5.41) is 12.2. The van der Waals surface area contributed by atoms with Gasteiger partial charge in [-0.25, -0.2) is 0 Å². The van der Waals surface area contributed by atoms with Crippen LogP contribution in [0.1, 0.15) is 30.1 Å². The number of benzene rings is 1. The van der Waals surface area contributed by atoms with Crippen molar-refractivity contribution in [2.24, 2.45) is 0 Å². The highest BCUT2D eigenvalue weighted by molar-refractivity contribution is 7.23. The van der Waals surface area contributed by atoms with Crippen LogP contribution >= 0.6 is 11.3 Å². The number of aryl methyl sites for hydroxylation is 1. The third kappa shape index (κ3) is 1.76. The minimum atomic E-state index is 0.537. The Bertz CT molecular complexity index is 736. The average Bonchev–Trinajstić information content (AvgIpc) is 2.97. The first-order valence-corrected chi connectivity index (χ1v) is 7.59. The van der Waals surface area contributed by atoms with Gasteiger partial charge in [0.1, 0.15) is 5.82 Å². The normalized spacial score (nSPS) is 17.5.